The molecule has 3 N–H and O–H groups in total. The minimum Gasteiger partial charge on any atom is -0.326 e. The van der Waals surface area contributed by atoms with E-state index in [0.29, 0.717) is 30.6 Å². The largest absolute Gasteiger partial charge is 0.326 e. The van der Waals surface area contributed by atoms with Gasteiger partial charge in [-0.15, -0.1) is 0 Å². The van der Waals surface area contributed by atoms with Crippen LogP contribution in [0.5, 0.6) is 0 Å². The lowest BCUT2D eigenvalue weighted by molar-refractivity contribution is -0.385. The van der Waals surface area contributed by atoms with Crippen LogP contribution < -0.4 is 16.2 Å². The number of nitrogens with zero attached hydrogens (tertiary/aromatic N) is 1. The highest BCUT2D eigenvalue weighted by atomic mass is 16.6. The summed E-state index contributed by atoms with van der Waals surface area (Å²) in [4.78, 5) is 47.8. The zero-order valence-electron chi connectivity index (χ0n) is 13.0. The first kappa shape index (κ1) is 16.4. The second-order valence-electron chi connectivity index (χ2n) is 5.59. The molecule has 0 spiro atoms. The first-order valence-corrected chi connectivity index (χ1v) is 7.55. The second kappa shape index (κ2) is 6.56. The van der Waals surface area contributed by atoms with E-state index in [0.717, 1.165) is 17.8 Å². The number of hydrogen-bond donors (Lipinski definition) is 3. The van der Waals surface area contributed by atoms with E-state index in [1.54, 1.807) is 18.2 Å². The van der Waals surface area contributed by atoms with Gasteiger partial charge in [0.15, 0.2) is 0 Å². The zero-order chi connectivity index (χ0) is 18.0. The van der Waals surface area contributed by atoms with Gasteiger partial charge in [-0.1, -0.05) is 0 Å². The Morgan fingerprint density at radius 1 is 1.20 bits per heavy atom. The molecule has 9 nitrogen and oxygen atoms in total. The van der Waals surface area contributed by atoms with Gasteiger partial charge in [0.05, 0.1) is 11.1 Å². The van der Waals surface area contributed by atoms with Crippen molar-refractivity contribution in [1.82, 2.24) is 4.98 Å². The van der Waals surface area contributed by atoms with Crippen LogP contribution in [0.4, 0.5) is 17.1 Å². The van der Waals surface area contributed by atoms with Crippen LogP contribution in [-0.4, -0.2) is 21.7 Å². The van der Waals surface area contributed by atoms with Crippen molar-refractivity contribution >= 4 is 28.9 Å². The molecule has 0 saturated heterocycles. The van der Waals surface area contributed by atoms with Crippen LogP contribution in [0.3, 0.4) is 0 Å². The fraction of sp³-hybridized carbons (Fsp3) is 0.188. The summed E-state index contributed by atoms with van der Waals surface area (Å²) >= 11 is 0. The monoisotopic (exact) mass is 342 g/mol. The predicted molar refractivity (Wildman–Crippen MR) is 89.7 cm³/mol. The van der Waals surface area contributed by atoms with Gasteiger partial charge in [0, 0.05) is 23.9 Å². The summed E-state index contributed by atoms with van der Waals surface area (Å²) in [6, 6.07) is 5.90. The van der Waals surface area contributed by atoms with Gasteiger partial charge in [-0.2, -0.15) is 0 Å². The number of H-pyrrole nitrogens is 1. The molecular formula is C16H14N4O5. The summed E-state index contributed by atoms with van der Waals surface area (Å²) in [6.45, 7) is 0. The highest BCUT2D eigenvalue weighted by molar-refractivity contribution is 6.04. The van der Waals surface area contributed by atoms with Crippen molar-refractivity contribution in [3.8, 4) is 0 Å². The molecule has 0 atom stereocenters. The van der Waals surface area contributed by atoms with Gasteiger partial charge >= 0.3 is 0 Å². The topological polar surface area (TPSA) is 134 Å². The van der Waals surface area contributed by atoms with E-state index in [1.165, 1.54) is 0 Å². The van der Waals surface area contributed by atoms with Crippen LogP contribution in [0.25, 0.3) is 0 Å². The third kappa shape index (κ3) is 3.55. The van der Waals surface area contributed by atoms with E-state index in [1.807, 2.05) is 0 Å². The van der Waals surface area contributed by atoms with E-state index >= 15 is 0 Å². The lowest BCUT2D eigenvalue weighted by Gasteiger charge is -2.10. The summed E-state index contributed by atoms with van der Waals surface area (Å²) < 4.78 is 0. The quantitative estimate of drug-likeness (QED) is 0.577. The van der Waals surface area contributed by atoms with E-state index in [-0.39, 0.29) is 17.2 Å². The number of aromatic nitrogens is 1. The van der Waals surface area contributed by atoms with Gasteiger partial charge in [-0.25, -0.2) is 0 Å². The van der Waals surface area contributed by atoms with Crippen molar-refractivity contribution in [1.29, 1.82) is 0 Å². The number of aromatic amines is 1. The van der Waals surface area contributed by atoms with Crippen LogP contribution in [0.15, 0.2) is 35.3 Å². The molecule has 2 amide bonds. The highest BCUT2D eigenvalue weighted by Gasteiger charge is 2.18. The van der Waals surface area contributed by atoms with Crippen molar-refractivity contribution in [2.24, 2.45) is 0 Å². The summed E-state index contributed by atoms with van der Waals surface area (Å²) in [6.07, 6.45) is 2.74. The molecule has 1 aromatic heterocycles. The van der Waals surface area contributed by atoms with Crippen LogP contribution in [-0.2, 0) is 11.2 Å². The first-order chi connectivity index (χ1) is 11.9. The Labute approximate surface area is 141 Å². The molecule has 0 fully saturated rings. The number of amides is 2. The maximum atomic E-state index is 12.3. The van der Waals surface area contributed by atoms with E-state index < -0.39 is 16.4 Å². The fourth-order valence-corrected chi connectivity index (χ4v) is 2.60. The molecule has 2 aromatic rings. The Hall–Kier alpha value is -3.49. The number of nitro groups is 1. The van der Waals surface area contributed by atoms with Crippen molar-refractivity contribution in [2.45, 2.75) is 19.3 Å². The Morgan fingerprint density at radius 3 is 2.76 bits per heavy atom. The molecule has 0 aliphatic carbocycles. The zero-order valence-corrected chi connectivity index (χ0v) is 13.0. The summed E-state index contributed by atoms with van der Waals surface area (Å²) in [5, 5.41) is 16.1. The van der Waals surface area contributed by atoms with Crippen LogP contribution in [0.1, 0.15) is 28.8 Å². The number of pyridine rings is 1. The van der Waals surface area contributed by atoms with Crippen LogP contribution >= 0.6 is 0 Å². The summed E-state index contributed by atoms with van der Waals surface area (Å²) in [5.41, 5.74) is 0.549. The maximum absolute atomic E-state index is 12.3. The fourth-order valence-electron chi connectivity index (χ4n) is 2.60. The molecule has 1 aliphatic heterocycles. The lowest BCUT2D eigenvalue weighted by atomic mass is 10.1. The average molecular weight is 342 g/mol. The molecule has 9 heteroatoms. The number of nitrogens with one attached hydrogen (secondary N) is 3. The molecule has 1 aliphatic rings. The third-order valence-corrected chi connectivity index (χ3v) is 3.83. The molecule has 1 aromatic carbocycles. The number of rotatable bonds is 3. The lowest BCUT2D eigenvalue weighted by Crippen LogP contribution is -2.23. The molecule has 0 saturated carbocycles. The predicted octanol–water partition coefficient (Wildman–Crippen LogP) is 1.81. The molecule has 3 rings (SSSR count). The van der Waals surface area contributed by atoms with Gasteiger partial charge in [0.2, 0.25) is 5.91 Å². The van der Waals surface area contributed by atoms with E-state index in [2.05, 4.69) is 15.6 Å². The number of anilines is 2. The average Bonchev–Trinajstić information content (AvgIpc) is 2.75. The maximum Gasteiger partial charge on any atom is 0.286 e. The summed E-state index contributed by atoms with van der Waals surface area (Å²) in [7, 11) is 0. The molecular weight excluding hydrogens is 328 g/mol. The Bertz CT molecular complexity index is 934. The standard InChI is InChI=1S/C16H14N4O5/c21-14-3-1-2-9-6-10(4-5-13(9)19-14)18-16(23)12-7-11(20(24)25)8-17-15(12)22/h4-8H,1-3H2,(H,17,22)(H,18,23)(H,19,21). The molecule has 0 bridgehead atoms. The van der Waals surface area contributed by atoms with Crippen LogP contribution in [0, 0.1) is 10.1 Å². The Kier molecular flexibility index (Phi) is 4.29. The molecule has 2 heterocycles. The highest BCUT2D eigenvalue weighted by Crippen LogP contribution is 2.25. The smallest absolute Gasteiger partial charge is 0.286 e. The minimum atomic E-state index is -0.748. The first-order valence-electron chi connectivity index (χ1n) is 7.55. The number of hydrogen-bond acceptors (Lipinski definition) is 5. The number of carbonyl (C=O) groups excluding carboxylic acids is 2. The molecule has 0 radical (unpaired) electrons. The van der Waals surface area contributed by atoms with Crippen molar-refractivity contribution < 1.29 is 14.5 Å². The normalized spacial score (nSPS) is 13.4. The van der Waals surface area contributed by atoms with Gasteiger partial charge in [0.1, 0.15) is 5.56 Å². The van der Waals surface area contributed by atoms with Gasteiger partial charge < -0.3 is 15.6 Å². The van der Waals surface area contributed by atoms with E-state index in [4.69, 9.17) is 0 Å². The number of benzene rings is 1. The van der Waals surface area contributed by atoms with Crippen molar-refractivity contribution in [2.75, 3.05) is 10.6 Å². The SMILES string of the molecule is O=C1CCCc2cc(NC(=O)c3cc([N+](=O)[O-])c[nH]c3=O)ccc2N1. The minimum absolute atomic E-state index is 0.0568. The Morgan fingerprint density at radius 2 is 2.00 bits per heavy atom. The van der Waals surface area contributed by atoms with Crippen molar-refractivity contribution in [3.63, 3.8) is 0 Å². The Balaban J connectivity index is 1.86. The van der Waals surface area contributed by atoms with Crippen molar-refractivity contribution in [3.05, 3.63) is 62.1 Å². The van der Waals surface area contributed by atoms with E-state index in [9.17, 15) is 24.5 Å². The molecule has 0 unspecified atom stereocenters. The third-order valence-electron chi connectivity index (χ3n) is 3.83. The molecule has 128 valence electrons. The van der Waals surface area contributed by atoms with Gasteiger partial charge in [-0.3, -0.25) is 24.5 Å². The van der Waals surface area contributed by atoms with Crippen LogP contribution in [0.2, 0.25) is 0 Å². The van der Waals surface area contributed by atoms with Gasteiger partial charge in [-0.05, 0) is 36.6 Å². The number of carbonyl (C=O) groups is 2. The summed E-state index contributed by atoms with van der Waals surface area (Å²) in [5.74, 6) is -0.804. The number of aryl methyl sites for hydroxylation is 1. The molecule has 25 heavy (non-hydrogen) atoms. The second-order valence-corrected chi connectivity index (χ2v) is 5.59. The number of fused-ring (bicyclic) bond motifs is 1. The van der Waals surface area contributed by atoms with Gasteiger partial charge in [0.25, 0.3) is 17.2 Å².